The Hall–Kier alpha value is -3.59. The van der Waals surface area contributed by atoms with E-state index in [-0.39, 0.29) is 11.1 Å². The number of rotatable bonds is 8. The number of hydrogen-bond acceptors (Lipinski definition) is 5. The van der Waals surface area contributed by atoms with Crippen molar-refractivity contribution in [3.05, 3.63) is 82.4 Å². The molecule has 0 aliphatic rings. The Morgan fingerprint density at radius 1 is 1.25 bits per heavy atom. The van der Waals surface area contributed by atoms with Crippen molar-refractivity contribution in [1.29, 1.82) is 0 Å². The zero-order valence-electron chi connectivity index (χ0n) is 18.0. The van der Waals surface area contributed by atoms with E-state index in [1.54, 1.807) is 42.1 Å². The first-order valence-electron chi connectivity index (χ1n) is 10.1. The van der Waals surface area contributed by atoms with Crippen molar-refractivity contribution < 1.29 is 24.2 Å². The molecule has 3 rings (SSSR count). The molecule has 0 spiro atoms. The zero-order chi connectivity index (χ0) is 23.5. The van der Waals surface area contributed by atoms with Gasteiger partial charge in [-0.1, -0.05) is 36.4 Å². The van der Waals surface area contributed by atoms with Crippen LogP contribution in [0.2, 0.25) is 0 Å². The first-order valence-corrected chi connectivity index (χ1v) is 10.1. The summed E-state index contributed by atoms with van der Waals surface area (Å²) in [6.45, 7) is 5.35. The van der Waals surface area contributed by atoms with E-state index in [2.05, 4.69) is 15.6 Å². The number of aliphatic hydroxyl groups is 1. The molecular weight excluding hydrogens is 415 g/mol. The summed E-state index contributed by atoms with van der Waals surface area (Å²) < 4.78 is 15.1. The zero-order valence-corrected chi connectivity index (χ0v) is 18.0. The molecule has 2 aromatic carbocycles. The molecule has 0 bridgehead atoms. The third-order valence-corrected chi connectivity index (χ3v) is 5.35. The second-order valence-electron chi connectivity index (χ2n) is 7.88. The van der Waals surface area contributed by atoms with E-state index in [0.29, 0.717) is 24.2 Å². The molecule has 1 amide bonds. The van der Waals surface area contributed by atoms with Crippen molar-refractivity contribution >= 4 is 11.9 Å². The lowest BCUT2D eigenvalue weighted by Gasteiger charge is -2.17. The van der Waals surface area contributed by atoms with E-state index in [9.17, 15) is 24.2 Å². The highest BCUT2D eigenvalue weighted by atomic mass is 19.1. The highest BCUT2D eigenvalue weighted by Gasteiger charge is 2.25. The molecule has 0 fully saturated rings. The van der Waals surface area contributed by atoms with Gasteiger partial charge in [-0.25, -0.2) is 13.9 Å². The van der Waals surface area contributed by atoms with Gasteiger partial charge in [-0.3, -0.25) is 4.79 Å². The van der Waals surface area contributed by atoms with Crippen LogP contribution in [0, 0.1) is 12.7 Å². The molecule has 0 saturated carbocycles. The summed E-state index contributed by atoms with van der Waals surface area (Å²) >= 11 is 0. The number of carboxylic acid groups (broad SMARTS) is 1. The van der Waals surface area contributed by atoms with Crippen molar-refractivity contribution in [2.24, 2.45) is 0 Å². The standard InChI is InChI=1S/C23H25FN4O4/c1-4-23(3,32)19-13-28(27-26-19)12-15-6-5-7-17(11-15)21(29)25-20(22(30)31)16-8-9-18(24)14(2)10-16/h5-11,13,20,32H,4,12H2,1-3H3,(H,25,29)(H,30,31). The topological polar surface area (TPSA) is 117 Å². The van der Waals surface area contributed by atoms with Crippen LogP contribution in [0.4, 0.5) is 4.39 Å². The van der Waals surface area contributed by atoms with Crippen LogP contribution >= 0.6 is 0 Å². The molecule has 0 aliphatic heterocycles. The van der Waals surface area contributed by atoms with Crippen LogP contribution in [-0.2, 0) is 16.9 Å². The second kappa shape index (κ2) is 9.27. The first-order chi connectivity index (χ1) is 15.1. The molecule has 3 N–H and O–H groups in total. The third-order valence-electron chi connectivity index (χ3n) is 5.35. The van der Waals surface area contributed by atoms with E-state index >= 15 is 0 Å². The number of benzene rings is 2. The Morgan fingerprint density at radius 2 is 2.00 bits per heavy atom. The largest absolute Gasteiger partial charge is 0.479 e. The lowest BCUT2D eigenvalue weighted by molar-refractivity contribution is -0.139. The number of halogens is 1. The monoisotopic (exact) mass is 440 g/mol. The molecule has 3 aromatic rings. The van der Waals surface area contributed by atoms with Gasteiger partial charge in [0.25, 0.3) is 5.91 Å². The maximum absolute atomic E-state index is 13.5. The molecule has 2 unspecified atom stereocenters. The number of amides is 1. The minimum Gasteiger partial charge on any atom is -0.479 e. The van der Waals surface area contributed by atoms with Gasteiger partial charge in [-0.05, 0) is 55.2 Å². The fraction of sp³-hybridized carbons (Fsp3) is 0.304. The second-order valence-corrected chi connectivity index (χ2v) is 7.88. The van der Waals surface area contributed by atoms with Gasteiger partial charge >= 0.3 is 5.97 Å². The predicted octanol–water partition coefficient (Wildman–Crippen LogP) is 2.95. The van der Waals surface area contributed by atoms with Crippen LogP contribution < -0.4 is 5.32 Å². The molecule has 0 saturated heterocycles. The molecule has 9 heteroatoms. The van der Waals surface area contributed by atoms with Crippen LogP contribution in [0.3, 0.4) is 0 Å². The smallest absolute Gasteiger partial charge is 0.330 e. The number of carbonyl (C=O) groups is 2. The van der Waals surface area contributed by atoms with Gasteiger partial charge in [0.05, 0.1) is 12.7 Å². The SMILES string of the molecule is CCC(C)(O)c1cn(Cc2cccc(C(=O)NC(C(=O)O)c3ccc(F)c(C)c3)c2)nn1. The van der Waals surface area contributed by atoms with Gasteiger partial charge in [-0.2, -0.15) is 0 Å². The van der Waals surface area contributed by atoms with Crippen LogP contribution in [0.25, 0.3) is 0 Å². The van der Waals surface area contributed by atoms with Gasteiger partial charge < -0.3 is 15.5 Å². The van der Waals surface area contributed by atoms with E-state index < -0.39 is 29.3 Å². The van der Waals surface area contributed by atoms with Crippen LogP contribution in [-0.4, -0.2) is 37.1 Å². The summed E-state index contributed by atoms with van der Waals surface area (Å²) in [7, 11) is 0. The maximum Gasteiger partial charge on any atom is 0.330 e. The van der Waals surface area contributed by atoms with Gasteiger partial charge in [0.2, 0.25) is 0 Å². The summed E-state index contributed by atoms with van der Waals surface area (Å²) in [4.78, 5) is 24.5. The average molecular weight is 440 g/mol. The van der Waals surface area contributed by atoms with Crippen LogP contribution in [0.1, 0.15) is 59.1 Å². The Labute approximate surface area is 184 Å². The average Bonchev–Trinajstić information content (AvgIpc) is 3.23. The Kier molecular flexibility index (Phi) is 6.69. The molecule has 0 aliphatic carbocycles. The summed E-state index contributed by atoms with van der Waals surface area (Å²) in [6, 6.07) is 9.28. The Morgan fingerprint density at radius 3 is 2.66 bits per heavy atom. The summed E-state index contributed by atoms with van der Waals surface area (Å²) in [5.74, 6) is -2.28. The van der Waals surface area contributed by atoms with Crippen molar-refractivity contribution in [2.75, 3.05) is 0 Å². The number of hydrogen-bond donors (Lipinski definition) is 3. The number of aromatic nitrogens is 3. The fourth-order valence-corrected chi connectivity index (χ4v) is 3.15. The number of carbonyl (C=O) groups excluding carboxylic acids is 1. The quantitative estimate of drug-likeness (QED) is 0.496. The highest BCUT2D eigenvalue weighted by molar-refractivity contribution is 5.97. The van der Waals surface area contributed by atoms with E-state index in [4.69, 9.17) is 0 Å². The summed E-state index contributed by atoms with van der Waals surface area (Å²) in [6.07, 6.45) is 2.13. The number of nitrogens with zero attached hydrogens (tertiary/aromatic N) is 3. The van der Waals surface area contributed by atoms with E-state index in [0.717, 1.165) is 5.56 Å². The molecule has 32 heavy (non-hydrogen) atoms. The van der Waals surface area contributed by atoms with Gasteiger partial charge in [-0.15, -0.1) is 5.10 Å². The molecule has 0 radical (unpaired) electrons. The number of aliphatic carboxylic acids is 1. The summed E-state index contributed by atoms with van der Waals surface area (Å²) in [5, 5.41) is 30.4. The van der Waals surface area contributed by atoms with E-state index in [1.165, 1.54) is 25.1 Å². The van der Waals surface area contributed by atoms with Crippen molar-refractivity contribution in [2.45, 2.75) is 45.4 Å². The van der Waals surface area contributed by atoms with E-state index in [1.807, 2.05) is 6.92 Å². The lowest BCUT2D eigenvalue weighted by atomic mass is 10.0. The molecular formula is C23H25FN4O4. The summed E-state index contributed by atoms with van der Waals surface area (Å²) in [5.41, 5.74) is 0.958. The maximum atomic E-state index is 13.5. The molecule has 1 heterocycles. The van der Waals surface area contributed by atoms with Crippen molar-refractivity contribution in [1.82, 2.24) is 20.3 Å². The molecule has 8 nitrogen and oxygen atoms in total. The first kappa shape index (κ1) is 23.1. The van der Waals surface area contributed by atoms with Gasteiger partial charge in [0.15, 0.2) is 6.04 Å². The van der Waals surface area contributed by atoms with Gasteiger partial charge in [0.1, 0.15) is 17.1 Å². The van der Waals surface area contributed by atoms with Crippen LogP contribution in [0.5, 0.6) is 0 Å². The fourth-order valence-electron chi connectivity index (χ4n) is 3.15. The third kappa shape index (κ3) is 5.17. The lowest BCUT2D eigenvalue weighted by Crippen LogP contribution is -2.33. The Balaban J connectivity index is 1.77. The number of nitrogens with one attached hydrogen (secondary N) is 1. The predicted molar refractivity (Wildman–Crippen MR) is 114 cm³/mol. The van der Waals surface area contributed by atoms with Crippen LogP contribution in [0.15, 0.2) is 48.7 Å². The minimum absolute atomic E-state index is 0.272. The molecule has 2 atom stereocenters. The van der Waals surface area contributed by atoms with Crippen molar-refractivity contribution in [3.63, 3.8) is 0 Å². The molecule has 1 aromatic heterocycles. The minimum atomic E-state index is -1.32. The number of carboxylic acids is 1. The number of aryl methyl sites for hydroxylation is 1. The highest BCUT2D eigenvalue weighted by Crippen LogP contribution is 2.22. The normalized spacial score (nSPS) is 13.9. The van der Waals surface area contributed by atoms with Crippen molar-refractivity contribution in [3.8, 4) is 0 Å². The Bertz CT molecular complexity index is 1140. The van der Waals surface area contributed by atoms with Gasteiger partial charge in [0, 0.05) is 5.56 Å². The molecule has 168 valence electrons.